The van der Waals surface area contributed by atoms with Crippen LogP contribution in [0.5, 0.6) is 0 Å². The molecular weight excluding hydrogens is 262 g/mol. The Hall–Kier alpha value is -2.15. The Balaban J connectivity index is 1.55. The third-order valence-electron chi connectivity index (χ3n) is 3.88. The number of carbonyl (C=O) groups is 1. The molecule has 1 aromatic rings. The Morgan fingerprint density at radius 3 is 2.45 bits per heavy atom. The minimum Gasteiger partial charge on any atom is -0.386 e. The number of rotatable bonds is 3. The lowest BCUT2D eigenvalue weighted by atomic mass is 9.89. The molecule has 0 spiro atoms. The molecule has 1 saturated carbocycles. The van der Waals surface area contributed by atoms with E-state index in [4.69, 9.17) is 0 Å². The highest BCUT2D eigenvalue weighted by Crippen LogP contribution is 2.44. The molecule has 1 aliphatic carbocycles. The molecule has 7 nitrogen and oxygen atoms in total. The molecule has 1 saturated heterocycles. The molecule has 2 N–H and O–H groups in total. The maximum absolute atomic E-state index is 11.9. The summed E-state index contributed by atoms with van der Waals surface area (Å²) in [4.78, 5) is 23.5. The second kappa shape index (κ2) is 4.45. The van der Waals surface area contributed by atoms with E-state index >= 15 is 0 Å². The van der Waals surface area contributed by atoms with Crippen LogP contribution < -0.4 is 5.32 Å². The van der Waals surface area contributed by atoms with Crippen LogP contribution in [0.25, 0.3) is 0 Å². The van der Waals surface area contributed by atoms with Crippen LogP contribution in [0, 0.1) is 16.0 Å². The first kappa shape index (κ1) is 12.9. The van der Waals surface area contributed by atoms with Crippen molar-refractivity contribution in [1.29, 1.82) is 0 Å². The van der Waals surface area contributed by atoms with Crippen molar-refractivity contribution < 1.29 is 14.8 Å². The molecule has 0 bridgehead atoms. The summed E-state index contributed by atoms with van der Waals surface area (Å²) in [5, 5.41) is 23.3. The molecule has 0 radical (unpaired) electrons. The first-order valence-electron chi connectivity index (χ1n) is 6.51. The molecule has 0 aromatic heterocycles. The van der Waals surface area contributed by atoms with E-state index in [9.17, 15) is 20.0 Å². The number of carbonyl (C=O) groups excluding carboxylic acids is 1. The molecule has 0 atom stereocenters. The second-order valence-electron chi connectivity index (χ2n) is 5.47. The minimum absolute atomic E-state index is 0.0185. The Bertz CT molecular complexity index is 547. The van der Waals surface area contributed by atoms with E-state index in [1.54, 1.807) is 4.90 Å². The lowest BCUT2D eigenvalue weighted by molar-refractivity contribution is -0.384. The third-order valence-corrected chi connectivity index (χ3v) is 3.88. The van der Waals surface area contributed by atoms with Gasteiger partial charge in [0.25, 0.3) is 5.69 Å². The van der Waals surface area contributed by atoms with Crippen molar-refractivity contribution in [3.8, 4) is 0 Å². The van der Waals surface area contributed by atoms with Crippen molar-refractivity contribution in [3.63, 3.8) is 0 Å². The number of hydrogen-bond acceptors (Lipinski definition) is 4. The first-order chi connectivity index (χ1) is 9.48. The van der Waals surface area contributed by atoms with Gasteiger partial charge in [-0.3, -0.25) is 10.1 Å². The molecular formula is C13H15N3O4. The Labute approximate surface area is 115 Å². The van der Waals surface area contributed by atoms with Crippen LogP contribution >= 0.6 is 0 Å². The van der Waals surface area contributed by atoms with Crippen molar-refractivity contribution in [3.05, 3.63) is 34.4 Å². The van der Waals surface area contributed by atoms with Crippen molar-refractivity contribution >= 4 is 17.4 Å². The molecule has 1 aromatic carbocycles. The van der Waals surface area contributed by atoms with Crippen LogP contribution in [0.2, 0.25) is 0 Å². The largest absolute Gasteiger partial charge is 0.386 e. The van der Waals surface area contributed by atoms with Crippen molar-refractivity contribution in [1.82, 2.24) is 4.90 Å². The number of amides is 2. The Morgan fingerprint density at radius 2 is 1.95 bits per heavy atom. The highest BCUT2D eigenvalue weighted by molar-refractivity contribution is 5.90. The van der Waals surface area contributed by atoms with Crippen molar-refractivity contribution in [2.24, 2.45) is 5.92 Å². The predicted molar refractivity (Wildman–Crippen MR) is 71.4 cm³/mol. The first-order valence-corrected chi connectivity index (χ1v) is 6.51. The molecule has 3 rings (SSSR count). The third kappa shape index (κ3) is 2.32. The van der Waals surface area contributed by atoms with Crippen molar-refractivity contribution in [2.75, 3.05) is 18.4 Å². The predicted octanol–water partition coefficient (Wildman–Crippen LogP) is 1.58. The van der Waals surface area contributed by atoms with Gasteiger partial charge in [0.1, 0.15) is 5.60 Å². The quantitative estimate of drug-likeness (QED) is 0.647. The van der Waals surface area contributed by atoms with Gasteiger partial charge in [-0.2, -0.15) is 0 Å². The Kier molecular flexibility index (Phi) is 2.86. The summed E-state index contributed by atoms with van der Waals surface area (Å²) in [6.45, 7) is 0.715. The Morgan fingerprint density at radius 1 is 1.35 bits per heavy atom. The number of anilines is 1. The van der Waals surface area contributed by atoms with Crippen LogP contribution in [0.1, 0.15) is 12.8 Å². The second-order valence-corrected chi connectivity index (χ2v) is 5.47. The van der Waals surface area contributed by atoms with E-state index in [2.05, 4.69) is 5.32 Å². The number of nitro groups is 1. The van der Waals surface area contributed by atoms with E-state index in [-0.39, 0.29) is 11.7 Å². The van der Waals surface area contributed by atoms with E-state index < -0.39 is 10.5 Å². The zero-order chi connectivity index (χ0) is 14.3. The van der Waals surface area contributed by atoms with E-state index in [1.165, 1.54) is 24.3 Å². The molecule has 2 aliphatic rings. The van der Waals surface area contributed by atoms with Crippen molar-refractivity contribution in [2.45, 2.75) is 18.4 Å². The molecule has 2 fully saturated rings. The zero-order valence-electron chi connectivity index (χ0n) is 10.8. The van der Waals surface area contributed by atoms with Gasteiger partial charge in [0, 0.05) is 17.8 Å². The van der Waals surface area contributed by atoms with Gasteiger partial charge in [-0.15, -0.1) is 0 Å². The molecule has 1 aliphatic heterocycles. The van der Waals surface area contributed by atoms with Crippen LogP contribution in [0.3, 0.4) is 0 Å². The number of urea groups is 1. The normalized spacial score (nSPS) is 20.1. The summed E-state index contributed by atoms with van der Waals surface area (Å²) >= 11 is 0. The van der Waals surface area contributed by atoms with Gasteiger partial charge in [0.2, 0.25) is 0 Å². The maximum Gasteiger partial charge on any atom is 0.322 e. The van der Waals surface area contributed by atoms with Crippen LogP contribution in [0.15, 0.2) is 24.3 Å². The van der Waals surface area contributed by atoms with Crippen LogP contribution in [0.4, 0.5) is 16.2 Å². The van der Waals surface area contributed by atoms with E-state index in [0.717, 1.165) is 12.8 Å². The van der Waals surface area contributed by atoms with E-state index in [1.807, 2.05) is 0 Å². The topological polar surface area (TPSA) is 95.7 Å². The number of likely N-dealkylation sites (tertiary alicyclic amines) is 1. The zero-order valence-corrected chi connectivity index (χ0v) is 10.8. The van der Waals surface area contributed by atoms with Crippen LogP contribution in [-0.2, 0) is 0 Å². The fourth-order valence-corrected chi connectivity index (χ4v) is 2.51. The number of hydrogen-bond donors (Lipinski definition) is 2. The van der Waals surface area contributed by atoms with Gasteiger partial charge >= 0.3 is 6.03 Å². The average molecular weight is 277 g/mol. The molecule has 2 amide bonds. The van der Waals surface area contributed by atoms with Crippen LogP contribution in [-0.4, -0.2) is 39.7 Å². The van der Waals surface area contributed by atoms with Gasteiger partial charge in [-0.1, -0.05) is 0 Å². The van der Waals surface area contributed by atoms with Gasteiger partial charge in [-0.25, -0.2) is 4.79 Å². The van der Waals surface area contributed by atoms with Gasteiger partial charge in [0.05, 0.1) is 18.0 Å². The summed E-state index contributed by atoms with van der Waals surface area (Å²) in [5.74, 6) is 0.339. The number of nitrogens with zero attached hydrogens (tertiary/aromatic N) is 2. The lowest BCUT2D eigenvalue weighted by Crippen LogP contribution is -2.65. The molecule has 7 heteroatoms. The smallest absolute Gasteiger partial charge is 0.322 e. The highest BCUT2D eigenvalue weighted by Gasteiger charge is 2.53. The number of nitro benzene ring substituents is 1. The molecule has 1 heterocycles. The molecule has 0 unspecified atom stereocenters. The highest BCUT2D eigenvalue weighted by atomic mass is 16.6. The number of benzene rings is 1. The summed E-state index contributed by atoms with van der Waals surface area (Å²) in [6, 6.07) is 5.37. The summed E-state index contributed by atoms with van der Waals surface area (Å²) < 4.78 is 0. The number of nitrogens with one attached hydrogen (secondary N) is 1. The standard InChI is InChI=1S/C13H15N3O4/c17-12(15-7-13(18,8-15)9-1-2-9)14-10-3-5-11(6-4-10)16(19)20/h3-6,9,18H,1-2,7-8H2,(H,14,17). The summed E-state index contributed by atoms with van der Waals surface area (Å²) in [6.07, 6.45) is 2.07. The van der Waals surface area contributed by atoms with Gasteiger partial charge in [-0.05, 0) is 30.9 Å². The summed E-state index contributed by atoms with van der Waals surface area (Å²) in [7, 11) is 0. The SMILES string of the molecule is O=C(Nc1ccc([N+](=O)[O-])cc1)N1CC(O)(C2CC2)C1. The maximum atomic E-state index is 11.9. The van der Waals surface area contributed by atoms with Gasteiger partial charge < -0.3 is 15.3 Å². The van der Waals surface area contributed by atoms with Gasteiger partial charge in [0.15, 0.2) is 0 Å². The number of β-amino-alcohol motifs (C(OH)–C–C–N with tert-alkyl or cyclic N) is 1. The monoisotopic (exact) mass is 277 g/mol. The molecule has 106 valence electrons. The minimum atomic E-state index is -0.702. The number of non-ortho nitro benzene ring substituents is 1. The lowest BCUT2D eigenvalue weighted by Gasteiger charge is -2.46. The fourth-order valence-electron chi connectivity index (χ4n) is 2.51. The fraction of sp³-hybridized carbons (Fsp3) is 0.462. The molecule has 20 heavy (non-hydrogen) atoms. The average Bonchev–Trinajstić information content (AvgIpc) is 3.20. The van der Waals surface area contributed by atoms with E-state index in [0.29, 0.717) is 24.7 Å². The number of aliphatic hydroxyl groups is 1. The summed E-state index contributed by atoms with van der Waals surface area (Å²) in [5.41, 5.74) is -0.218.